The molecule has 5 heteroatoms. The average Bonchev–Trinajstić information content (AvgIpc) is 2.74. The number of benzene rings is 1. The van der Waals surface area contributed by atoms with Gasteiger partial charge in [0.25, 0.3) is 0 Å². The first-order valence-corrected chi connectivity index (χ1v) is 9.75. The fraction of sp³-hybridized carbons (Fsp3) is 0.261. The number of carbonyl (C=O) groups excluding carboxylic acids is 1. The van der Waals surface area contributed by atoms with Gasteiger partial charge in [-0.2, -0.15) is 0 Å². The van der Waals surface area contributed by atoms with E-state index in [-0.39, 0.29) is 12.1 Å². The molecule has 0 fully saturated rings. The summed E-state index contributed by atoms with van der Waals surface area (Å²) in [7, 11) is 0. The Kier molecular flexibility index (Phi) is 6.73. The summed E-state index contributed by atoms with van der Waals surface area (Å²) >= 11 is 0. The molecule has 0 saturated carbocycles. The van der Waals surface area contributed by atoms with Crippen LogP contribution in [0.25, 0.3) is 22.5 Å². The minimum Gasteiger partial charge on any atom is -0.335 e. The van der Waals surface area contributed by atoms with Crippen molar-refractivity contribution >= 4 is 11.7 Å². The van der Waals surface area contributed by atoms with Gasteiger partial charge in [-0.1, -0.05) is 50.6 Å². The van der Waals surface area contributed by atoms with Crippen molar-refractivity contribution in [3.05, 3.63) is 67.0 Å². The minimum atomic E-state index is -0.175. The average molecular weight is 374 g/mol. The second-order valence-corrected chi connectivity index (χ2v) is 6.68. The van der Waals surface area contributed by atoms with Gasteiger partial charge in [0.05, 0.1) is 17.1 Å². The number of pyridine rings is 2. The molecule has 2 aromatic heterocycles. The molecule has 1 aromatic carbocycles. The molecular formula is C23H26N4O. The summed E-state index contributed by atoms with van der Waals surface area (Å²) in [6.45, 7) is 4.21. The van der Waals surface area contributed by atoms with Crippen LogP contribution in [0.15, 0.2) is 67.0 Å². The number of aromatic nitrogens is 2. The molecule has 0 radical (unpaired) electrons. The second-order valence-electron chi connectivity index (χ2n) is 6.68. The highest BCUT2D eigenvalue weighted by Gasteiger charge is 2.12. The summed E-state index contributed by atoms with van der Waals surface area (Å²) in [4.78, 5) is 21.3. The van der Waals surface area contributed by atoms with Gasteiger partial charge in [-0.25, -0.2) is 4.79 Å². The Balaban J connectivity index is 1.77. The summed E-state index contributed by atoms with van der Waals surface area (Å²) in [6, 6.07) is 17.5. The zero-order valence-corrected chi connectivity index (χ0v) is 16.4. The van der Waals surface area contributed by atoms with Crippen molar-refractivity contribution in [2.45, 2.75) is 39.2 Å². The van der Waals surface area contributed by atoms with Crippen molar-refractivity contribution < 1.29 is 4.79 Å². The van der Waals surface area contributed by atoms with Gasteiger partial charge in [0.2, 0.25) is 0 Å². The Labute approximate surface area is 166 Å². The highest BCUT2D eigenvalue weighted by atomic mass is 16.2. The fourth-order valence-electron chi connectivity index (χ4n) is 3.13. The molecule has 0 bridgehead atoms. The van der Waals surface area contributed by atoms with Crippen LogP contribution in [-0.4, -0.2) is 22.0 Å². The molecule has 2 amide bonds. The molecule has 2 N–H and O–H groups in total. The van der Waals surface area contributed by atoms with E-state index in [2.05, 4.69) is 34.4 Å². The van der Waals surface area contributed by atoms with Gasteiger partial charge in [0.1, 0.15) is 0 Å². The quantitative estimate of drug-likeness (QED) is 0.573. The molecule has 0 spiro atoms. The van der Waals surface area contributed by atoms with Gasteiger partial charge in [-0.3, -0.25) is 9.97 Å². The van der Waals surface area contributed by atoms with E-state index in [0.29, 0.717) is 0 Å². The SMILES string of the molecule is CCCC(CC)NC(=O)Nc1ccccc1-c1ccc(-c2ccccn2)nc1. The Hall–Kier alpha value is -3.21. The minimum absolute atomic E-state index is 0.175. The molecule has 1 unspecified atom stereocenters. The predicted molar refractivity (Wildman–Crippen MR) is 114 cm³/mol. The smallest absolute Gasteiger partial charge is 0.319 e. The number of para-hydroxylation sites is 1. The zero-order valence-electron chi connectivity index (χ0n) is 16.4. The Bertz CT molecular complexity index is 894. The van der Waals surface area contributed by atoms with Crippen molar-refractivity contribution in [1.82, 2.24) is 15.3 Å². The van der Waals surface area contributed by atoms with Crippen molar-refractivity contribution in [2.75, 3.05) is 5.32 Å². The van der Waals surface area contributed by atoms with E-state index in [9.17, 15) is 4.79 Å². The molecule has 0 aliphatic rings. The third-order valence-corrected chi connectivity index (χ3v) is 4.64. The number of carbonyl (C=O) groups is 1. The molecular weight excluding hydrogens is 348 g/mol. The maximum Gasteiger partial charge on any atom is 0.319 e. The van der Waals surface area contributed by atoms with E-state index in [4.69, 9.17) is 0 Å². The summed E-state index contributed by atoms with van der Waals surface area (Å²) in [5.74, 6) is 0. The van der Waals surface area contributed by atoms with E-state index in [1.807, 2.05) is 60.8 Å². The lowest BCUT2D eigenvalue weighted by atomic mass is 10.0. The van der Waals surface area contributed by atoms with Gasteiger partial charge >= 0.3 is 6.03 Å². The molecule has 28 heavy (non-hydrogen) atoms. The van der Waals surface area contributed by atoms with Crippen LogP contribution in [0.3, 0.4) is 0 Å². The number of amides is 2. The van der Waals surface area contributed by atoms with Gasteiger partial charge in [-0.05, 0) is 37.1 Å². The molecule has 0 aliphatic carbocycles. The number of nitrogens with zero attached hydrogens (tertiary/aromatic N) is 2. The first kappa shape index (κ1) is 19.5. The lowest BCUT2D eigenvalue weighted by Gasteiger charge is -2.18. The van der Waals surface area contributed by atoms with E-state index in [1.165, 1.54) is 0 Å². The van der Waals surface area contributed by atoms with Gasteiger partial charge in [0, 0.05) is 29.6 Å². The topological polar surface area (TPSA) is 66.9 Å². The Morgan fingerprint density at radius 1 is 0.964 bits per heavy atom. The molecule has 0 saturated heterocycles. The van der Waals surface area contributed by atoms with E-state index in [1.54, 1.807) is 6.20 Å². The van der Waals surface area contributed by atoms with Crippen LogP contribution in [0.5, 0.6) is 0 Å². The third kappa shape index (κ3) is 4.94. The molecule has 1 atom stereocenters. The number of hydrogen-bond donors (Lipinski definition) is 2. The summed E-state index contributed by atoms with van der Waals surface area (Å²) in [5.41, 5.74) is 4.29. The molecule has 2 heterocycles. The fourth-order valence-corrected chi connectivity index (χ4v) is 3.13. The number of urea groups is 1. The van der Waals surface area contributed by atoms with Crippen LogP contribution >= 0.6 is 0 Å². The second kappa shape index (κ2) is 9.65. The summed E-state index contributed by atoms with van der Waals surface area (Å²) < 4.78 is 0. The number of rotatable bonds is 7. The Morgan fingerprint density at radius 3 is 2.43 bits per heavy atom. The van der Waals surface area contributed by atoms with Crippen molar-refractivity contribution in [3.63, 3.8) is 0 Å². The van der Waals surface area contributed by atoms with Crippen LogP contribution in [0, 0.1) is 0 Å². The number of hydrogen-bond acceptors (Lipinski definition) is 3. The van der Waals surface area contributed by atoms with Crippen molar-refractivity contribution in [1.29, 1.82) is 0 Å². The molecule has 5 nitrogen and oxygen atoms in total. The van der Waals surface area contributed by atoms with E-state index >= 15 is 0 Å². The van der Waals surface area contributed by atoms with Crippen LogP contribution in [0.1, 0.15) is 33.1 Å². The normalized spacial score (nSPS) is 11.6. The van der Waals surface area contributed by atoms with Crippen LogP contribution in [-0.2, 0) is 0 Å². The molecule has 144 valence electrons. The summed E-state index contributed by atoms with van der Waals surface area (Å²) in [6.07, 6.45) is 6.51. The number of nitrogens with one attached hydrogen (secondary N) is 2. The van der Waals surface area contributed by atoms with E-state index < -0.39 is 0 Å². The monoisotopic (exact) mass is 374 g/mol. The molecule has 3 aromatic rings. The third-order valence-electron chi connectivity index (χ3n) is 4.64. The van der Waals surface area contributed by atoms with Crippen molar-refractivity contribution in [3.8, 4) is 22.5 Å². The van der Waals surface area contributed by atoms with Crippen LogP contribution in [0.2, 0.25) is 0 Å². The highest BCUT2D eigenvalue weighted by Crippen LogP contribution is 2.28. The summed E-state index contributed by atoms with van der Waals surface area (Å²) in [5, 5.41) is 6.04. The predicted octanol–water partition coefficient (Wildman–Crippen LogP) is 5.51. The van der Waals surface area contributed by atoms with Crippen LogP contribution < -0.4 is 10.6 Å². The molecule has 0 aliphatic heterocycles. The van der Waals surface area contributed by atoms with Crippen LogP contribution in [0.4, 0.5) is 10.5 Å². The standard InChI is InChI=1S/C23H26N4O/c1-3-9-18(4-2)26-23(28)27-20-11-6-5-10-19(20)17-13-14-22(25-16-17)21-12-7-8-15-24-21/h5-8,10-16,18H,3-4,9H2,1-2H3,(H2,26,27,28). The van der Waals surface area contributed by atoms with E-state index in [0.717, 1.165) is 47.5 Å². The van der Waals surface area contributed by atoms with Gasteiger partial charge in [0.15, 0.2) is 0 Å². The van der Waals surface area contributed by atoms with Gasteiger partial charge in [-0.15, -0.1) is 0 Å². The molecule has 3 rings (SSSR count). The maximum absolute atomic E-state index is 12.4. The largest absolute Gasteiger partial charge is 0.335 e. The first-order chi connectivity index (χ1) is 13.7. The van der Waals surface area contributed by atoms with Gasteiger partial charge < -0.3 is 10.6 Å². The Morgan fingerprint density at radius 2 is 1.75 bits per heavy atom. The number of anilines is 1. The van der Waals surface area contributed by atoms with Crippen molar-refractivity contribution in [2.24, 2.45) is 0 Å². The highest BCUT2D eigenvalue weighted by molar-refractivity contribution is 5.94. The first-order valence-electron chi connectivity index (χ1n) is 9.75. The zero-order chi connectivity index (χ0) is 19.8. The lowest BCUT2D eigenvalue weighted by molar-refractivity contribution is 0.247. The maximum atomic E-state index is 12.4. The lowest BCUT2D eigenvalue weighted by Crippen LogP contribution is -2.37.